The standard InChI is InChI=1S/C49H28N4S/c1-2-12-29(13-3-1)30-14-10-15-31(26-30)47-50-48(52-49(51-47)53-42-22-8-6-18-35(42)36-19-7-9-23-43(36)53)32-24-25-44-39(27-32)41-28-40-34-17-5-4-16-33(34)37-20-11-21-38(45(37)40)46(41)54-44/h1-28H. The van der Waals surface area contributed by atoms with Crippen molar-refractivity contribution >= 4 is 64.1 Å². The predicted molar refractivity (Wildman–Crippen MR) is 225 cm³/mol. The van der Waals surface area contributed by atoms with Crippen molar-refractivity contribution in [1.82, 2.24) is 19.5 Å². The van der Waals surface area contributed by atoms with Gasteiger partial charge in [-0.15, -0.1) is 11.3 Å². The molecule has 8 aromatic carbocycles. The van der Waals surface area contributed by atoms with Crippen LogP contribution in [0.4, 0.5) is 0 Å². The lowest BCUT2D eigenvalue weighted by atomic mass is 9.99. The van der Waals surface area contributed by atoms with Crippen molar-refractivity contribution in [3.63, 3.8) is 0 Å². The summed E-state index contributed by atoms with van der Waals surface area (Å²) in [6, 6.07) is 60.6. The van der Waals surface area contributed by atoms with Gasteiger partial charge in [-0.1, -0.05) is 127 Å². The van der Waals surface area contributed by atoms with E-state index >= 15 is 0 Å². The average Bonchev–Trinajstić information content (AvgIpc) is 3.90. The highest BCUT2D eigenvalue weighted by atomic mass is 32.1. The van der Waals surface area contributed by atoms with E-state index < -0.39 is 0 Å². The molecule has 3 heterocycles. The molecule has 4 nitrogen and oxygen atoms in total. The third kappa shape index (κ3) is 4.27. The van der Waals surface area contributed by atoms with Crippen LogP contribution in [-0.4, -0.2) is 19.5 Å². The van der Waals surface area contributed by atoms with Crippen LogP contribution >= 0.6 is 11.3 Å². The fourth-order valence-electron chi connectivity index (χ4n) is 8.57. The summed E-state index contributed by atoms with van der Waals surface area (Å²) >= 11 is 1.87. The van der Waals surface area contributed by atoms with Crippen LogP contribution in [0.5, 0.6) is 0 Å². The minimum atomic E-state index is 0.594. The average molecular weight is 705 g/mol. The Bertz CT molecular complexity index is 3280. The summed E-state index contributed by atoms with van der Waals surface area (Å²) in [4.78, 5) is 15.8. The molecular formula is C49H28N4S. The molecule has 1 aliphatic carbocycles. The fraction of sp³-hybridized carbons (Fsp3) is 0. The van der Waals surface area contributed by atoms with E-state index in [4.69, 9.17) is 15.0 Å². The van der Waals surface area contributed by atoms with Gasteiger partial charge in [0.15, 0.2) is 11.6 Å². The number of thiophene rings is 1. The Balaban J connectivity index is 1.11. The second-order valence-electron chi connectivity index (χ2n) is 14.0. The summed E-state index contributed by atoms with van der Waals surface area (Å²) in [5, 5.41) is 7.48. The van der Waals surface area contributed by atoms with Gasteiger partial charge in [0.05, 0.1) is 11.0 Å². The number of hydrogen-bond acceptors (Lipinski definition) is 4. The molecule has 0 bridgehead atoms. The summed E-state index contributed by atoms with van der Waals surface area (Å²) in [7, 11) is 0. The van der Waals surface area contributed by atoms with Gasteiger partial charge in [-0.25, -0.2) is 4.98 Å². The van der Waals surface area contributed by atoms with Crippen molar-refractivity contribution in [2.24, 2.45) is 0 Å². The van der Waals surface area contributed by atoms with E-state index in [9.17, 15) is 0 Å². The number of para-hydroxylation sites is 2. The second kappa shape index (κ2) is 11.3. The molecule has 0 saturated heterocycles. The van der Waals surface area contributed by atoms with Gasteiger partial charge in [0.1, 0.15) is 0 Å². The second-order valence-corrected chi connectivity index (χ2v) is 15.0. The molecule has 1 aliphatic rings. The van der Waals surface area contributed by atoms with Crippen LogP contribution in [0.2, 0.25) is 0 Å². The molecular weight excluding hydrogens is 677 g/mol. The quantitative estimate of drug-likeness (QED) is 0.183. The lowest BCUT2D eigenvalue weighted by Gasteiger charge is -2.12. The number of fused-ring (bicyclic) bond motifs is 10. The van der Waals surface area contributed by atoms with E-state index in [1.54, 1.807) is 0 Å². The Morgan fingerprint density at radius 2 is 0.963 bits per heavy atom. The number of benzene rings is 8. The molecule has 5 heteroatoms. The van der Waals surface area contributed by atoms with Crippen LogP contribution in [0.3, 0.4) is 0 Å². The Kier molecular flexibility index (Phi) is 6.18. The maximum atomic E-state index is 5.29. The fourth-order valence-corrected chi connectivity index (χ4v) is 9.76. The zero-order valence-corrected chi connectivity index (χ0v) is 29.7. The molecule has 0 saturated carbocycles. The molecule has 11 aromatic rings. The molecule has 0 spiro atoms. The van der Waals surface area contributed by atoms with Crippen molar-refractivity contribution in [3.05, 3.63) is 170 Å². The molecule has 54 heavy (non-hydrogen) atoms. The van der Waals surface area contributed by atoms with Crippen molar-refractivity contribution in [2.45, 2.75) is 0 Å². The van der Waals surface area contributed by atoms with E-state index in [0.717, 1.165) is 33.3 Å². The van der Waals surface area contributed by atoms with Gasteiger partial charge in [-0.3, -0.25) is 4.57 Å². The molecule has 12 rings (SSSR count). The first kappa shape index (κ1) is 29.6. The van der Waals surface area contributed by atoms with Crippen LogP contribution in [-0.2, 0) is 0 Å². The Labute approximate surface area is 314 Å². The lowest BCUT2D eigenvalue weighted by molar-refractivity contribution is 0.954. The molecule has 0 unspecified atom stereocenters. The molecule has 250 valence electrons. The smallest absolute Gasteiger partial charge is 0.238 e. The molecule has 0 atom stereocenters. The molecule has 0 aliphatic heterocycles. The zero-order valence-electron chi connectivity index (χ0n) is 28.9. The highest BCUT2D eigenvalue weighted by Gasteiger charge is 2.24. The maximum Gasteiger partial charge on any atom is 0.238 e. The molecule has 3 aromatic heterocycles. The predicted octanol–water partition coefficient (Wildman–Crippen LogP) is 13.1. The van der Waals surface area contributed by atoms with Crippen LogP contribution in [0.1, 0.15) is 0 Å². The Hall–Kier alpha value is -6.95. The van der Waals surface area contributed by atoms with E-state index in [1.807, 2.05) is 17.4 Å². The van der Waals surface area contributed by atoms with Crippen molar-refractivity contribution in [1.29, 1.82) is 0 Å². The first-order valence-corrected chi connectivity index (χ1v) is 19.0. The zero-order chi connectivity index (χ0) is 35.3. The van der Waals surface area contributed by atoms with Crippen LogP contribution in [0.15, 0.2) is 170 Å². The van der Waals surface area contributed by atoms with Gasteiger partial charge in [-0.2, -0.15) is 9.97 Å². The first-order chi connectivity index (χ1) is 26.8. The van der Waals surface area contributed by atoms with Crippen LogP contribution in [0.25, 0.3) is 115 Å². The normalized spacial score (nSPS) is 12.1. The number of hydrogen-bond donors (Lipinski definition) is 0. The van der Waals surface area contributed by atoms with Gasteiger partial charge < -0.3 is 0 Å². The lowest BCUT2D eigenvalue weighted by Crippen LogP contribution is -2.06. The van der Waals surface area contributed by atoms with E-state index in [2.05, 4.69) is 168 Å². The number of rotatable bonds is 4. The monoisotopic (exact) mass is 704 g/mol. The third-order valence-corrected chi connectivity index (χ3v) is 12.2. The van der Waals surface area contributed by atoms with E-state index in [0.29, 0.717) is 17.6 Å². The van der Waals surface area contributed by atoms with Gasteiger partial charge in [0, 0.05) is 47.5 Å². The largest absolute Gasteiger partial charge is 0.278 e. The highest BCUT2D eigenvalue weighted by molar-refractivity contribution is 7.26. The van der Waals surface area contributed by atoms with Gasteiger partial charge in [0.2, 0.25) is 5.95 Å². The SMILES string of the molecule is c1ccc(-c2cccc(-c3nc(-c4ccc5sc6c7cccc8c7c(cc6c5c4)-c4ccccc4-8)nc(-n4c5ccccc5c5ccccc54)n3)c2)cc1. The Morgan fingerprint density at radius 1 is 0.370 bits per heavy atom. The van der Waals surface area contributed by atoms with Crippen molar-refractivity contribution < 1.29 is 0 Å². The number of aromatic nitrogens is 4. The minimum absolute atomic E-state index is 0.594. The van der Waals surface area contributed by atoms with Gasteiger partial charge in [-0.05, 0) is 81.2 Å². The first-order valence-electron chi connectivity index (χ1n) is 18.2. The Morgan fingerprint density at radius 3 is 1.74 bits per heavy atom. The molecule has 0 amide bonds. The topological polar surface area (TPSA) is 43.6 Å². The van der Waals surface area contributed by atoms with Crippen LogP contribution < -0.4 is 0 Å². The highest BCUT2D eigenvalue weighted by Crippen LogP contribution is 2.52. The van der Waals surface area contributed by atoms with E-state index in [-0.39, 0.29) is 0 Å². The number of nitrogens with zero attached hydrogens (tertiary/aromatic N) is 4. The molecule has 0 N–H and O–H groups in total. The summed E-state index contributed by atoms with van der Waals surface area (Å²) in [5.41, 5.74) is 11.5. The summed E-state index contributed by atoms with van der Waals surface area (Å²) in [5.74, 6) is 1.87. The third-order valence-electron chi connectivity index (χ3n) is 11.0. The summed E-state index contributed by atoms with van der Waals surface area (Å²) in [6.45, 7) is 0. The minimum Gasteiger partial charge on any atom is -0.278 e. The van der Waals surface area contributed by atoms with Gasteiger partial charge >= 0.3 is 0 Å². The molecule has 0 fully saturated rings. The van der Waals surface area contributed by atoms with E-state index in [1.165, 1.54) is 64.0 Å². The van der Waals surface area contributed by atoms with Crippen molar-refractivity contribution in [2.75, 3.05) is 0 Å². The summed E-state index contributed by atoms with van der Waals surface area (Å²) < 4.78 is 4.75. The van der Waals surface area contributed by atoms with Crippen LogP contribution in [0, 0.1) is 0 Å². The van der Waals surface area contributed by atoms with Gasteiger partial charge in [0.25, 0.3) is 0 Å². The maximum absolute atomic E-state index is 5.29. The van der Waals surface area contributed by atoms with Crippen molar-refractivity contribution in [3.8, 4) is 62.1 Å². The molecule has 0 radical (unpaired) electrons. The summed E-state index contributed by atoms with van der Waals surface area (Å²) in [6.07, 6.45) is 0.